The Bertz CT molecular complexity index is 694. The second-order valence-electron chi connectivity index (χ2n) is 5.28. The number of allylic oxidation sites excluding steroid dienone is 1. The number of hydrogen-bond donors (Lipinski definition) is 0. The van der Waals surface area contributed by atoms with Crippen LogP contribution in [0.25, 0.3) is 0 Å². The van der Waals surface area contributed by atoms with Crippen molar-refractivity contribution in [1.29, 1.82) is 0 Å². The van der Waals surface area contributed by atoms with Gasteiger partial charge in [-0.1, -0.05) is 0 Å². The molecule has 0 N–H and O–H groups in total. The van der Waals surface area contributed by atoms with E-state index in [4.69, 9.17) is 0 Å². The van der Waals surface area contributed by atoms with Crippen molar-refractivity contribution in [2.45, 2.75) is 49.8 Å². The van der Waals surface area contributed by atoms with Gasteiger partial charge in [0.1, 0.15) is 0 Å². The van der Waals surface area contributed by atoms with E-state index in [0.29, 0.717) is 6.92 Å². The average Bonchev–Trinajstić information content (AvgIpc) is 2.57. The van der Waals surface area contributed by atoms with E-state index in [1.807, 2.05) is 4.74 Å². The van der Waals surface area contributed by atoms with E-state index < -0.39 is 61.4 Å². The molecule has 3 nitrogen and oxygen atoms in total. The van der Waals surface area contributed by atoms with Gasteiger partial charge in [-0.25, -0.2) is 22.3 Å². The molecule has 0 saturated carbocycles. The van der Waals surface area contributed by atoms with Crippen LogP contribution >= 0.6 is 0 Å². The molecule has 0 aliphatic rings. The number of rotatable bonds is 10. The topological polar surface area (TPSA) is 27.7 Å². The molecule has 0 aliphatic heterocycles. The Morgan fingerprint density at radius 1 is 0.737 bits per heavy atom. The summed E-state index contributed by atoms with van der Waals surface area (Å²) in [5.74, 6) is -10.1. The van der Waals surface area contributed by atoms with Crippen molar-refractivity contribution in [3.63, 3.8) is 0 Å². The first kappa shape index (κ1) is 51.8. The predicted molar refractivity (Wildman–Crippen MR) is 80.5 cm³/mol. The zero-order chi connectivity index (χ0) is 29.3. The minimum absolute atomic E-state index is 0. The minimum Gasteiger partial charge on any atom is -0.412 e. The third-order valence-corrected chi connectivity index (χ3v) is 2.34. The summed E-state index contributed by atoms with van der Waals surface area (Å²) in [6, 6.07) is -2.87. The summed E-state index contributed by atoms with van der Waals surface area (Å²) in [5, 5.41) is 0. The second kappa shape index (κ2) is 20.1. The third kappa shape index (κ3) is 20.9. The van der Waals surface area contributed by atoms with Crippen molar-refractivity contribution in [1.82, 2.24) is 0 Å². The Hall–Kier alpha value is 1.06. The molecule has 0 heterocycles. The largest absolute Gasteiger partial charge is 0.527 e. The molecule has 0 saturated heterocycles. The van der Waals surface area contributed by atoms with Gasteiger partial charge in [0.2, 0.25) is 5.92 Å². The molecule has 3 radical (unpaired) electrons. The van der Waals surface area contributed by atoms with Gasteiger partial charge in [-0.05, 0) is 19.6 Å². The van der Waals surface area contributed by atoms with Gasteiger partial charge >= 0.3 is 24.4 Å². The van der Waals surface area contributed by atoms with Crippen LogP contribution in [0.1, 0.15) is 13.3 Å². The summed E-state index contributed by atoms with van der Waals surface area (Å²) in [7, 11) is 0. The number of hydrogen-bond acceptors (Lipinski definition) is 3. The maximum absolute atomic E-state index is 13.6. The first-order valence-electron chi connectivity index (χ1n) is 7.59. The summed E-state index contributed by atoms with van der Waals surface area (Å²) >= 11 is 0. The molecule has 1 atom stereocenters. The van der Waals surface area contributed by atoms with Crippen LogP contribution in [0, 0.1) is 6.43 Å². The van der Waals surface area contributed by atoms with E-state index in [9.17, 15) is 74.6 Å². The van der Waals surface area contributed by atoms with Gasteiger partial charge in [-0.15, -0.1) is 26.3 Å². The molecule has 1 unspecified atom stereocenters. The Morgan fingerprint density at radius 2 is 1.11 bits per heavy atom. The molecule has 0 aromatic carbocycles. The SMILES string of the molecule is C=C.C=C(F)OC(F)(F)C(F)(OC(F)(F)[C-](F)F)C(F)(F)OC(F)(F)F.CC(F)(F)CC=C(F)F.[Y].[Y].[Y]. The van der Waals surface area contributed by atoms with E-state index in [1.54, 1.807) is 11.3 Å². The summed E-state index contributed by atoms with van der Waals surface area (Å²) in [6.07, 6.45) is -34.2. The van der Waals surface area contributed by atoms with Gasteiger partial charge in [-0.2, -0.15) is 35.1 Å². The maximum Gasteiger partial charge on any atom is 0.527 e. The molecule has 0 fully saturated rings. The van der Waals surface area contributed by atoms with Crippen LogP contribution in [-0.2, 0) is 112 Å². The normalized spacial score (nSPS) is 13.4. The molecule has 0 bridgehead atoms. The Kier molecular flexibility index (Phi) is 27.3. The molecule has 0 aliphatic carbocycles. The fourth-order valence-electron chi connectivity index (χ4n) is 1.18. The Balaban J connectivity index is -0.000000156. The van der Waals surface area contributed by atoms with Crippen molar-refractivity contribution >= 4 is 0 Å². The zero-order valence-electron chi connectivity index (χ0n) is 18.3. The molecular weight excluding hydrogens is 818 g/mol. The summed E-state index contributed by atoms with van der Waals surface area (Å²) in [4.78, 5) is 0. The van der Waals surface area contributed by atoms with Gasteiger partial charge in [0, 0.05) is 105 Å². The maximum atomic E-state index is 13.6. The second-order valence-corrected chi connectivity index (χ2v) is 5.28. The van der Waals surface area contributed by atoms with Crippen molar-refractivity contribution in [3.05, 3.63) is 44.3 Å². The average molecular weight is 830 g/mol. The van der Waals surface area contributed by atoms with Gasteiger partial charge in [-0.3, -0.25) is 4.74 Å². The van der Waals surface area contributed by atoms with Crippen LogP contribution in [0.4, 0.5) is 74.6 Å². The molecule has 219 valence electrons. The summed E-state index contributed by atoms with van der Waals surface area (Å²) < 4.78 is 212. The van der Waals surface area contributed by atoms with Crippen LogP contribution in [-0.4, -0.2) is 36.5 Å². The van der Waals surface area contributed by atoms with Crippen molar-refractivity contribution in [3.8, 4) is 0 Å². The fourth-order valence-corrected chi connectivity index (χ4v) is 1.18. The molecule has 0 aromatic heterocycles. The van der Waals surface area contributed by atoms with Crippen LogP contribution in [0.5, 0.6) is 0 Å². The van der Waals surface area contributed by atoms with Crippen molar-refractivity contribution < 1.29 is 187 Å². The van der Waals surface area contributed by atoms with Gasteiger partial charge in [0.05, 0.1) is 6.43 Å². The van der Waals surface area contributed by atoms with Gasteiger partial charge in [0.15, 0.2) is 0 Å². The van der Waals surface area contributed by atoms with E-state index in [1.165, 1.54) is 0 Å². The number of halogens is 17. The molecule has 0 amide bonds. The predicted octanol–water partition coefficient (Wildman–Crippen LogP) is 8.48. The molecular formula is C15H12F17O3Y3-. The Labute approximate surface area is 278 Å². The monoisotopic (exact) mass is 830 g/mol. The van der Waals surface area contributed by atoms with E-state index >= 15 is 0 Å². The molecule has 38 heavy (non-hydrogen) atoms. The van der Waals surface area contributed by atoms with Gasteiger partial charge in [0.25, 0.3) is 18.2 Å². The van der Waals surface area contributed by atoms with E-state index in [0.717, 1.165) is 0 Å². The zero-order valence-corrected chi connectivity index (χ0v) is 26.8. The molecule has 0 rings (SSSR count). The van der Waals surface area contributed by atoms with Crippen molar-refractivity contribution in [2.75, 3.05) is 0 Å². The number of ether oxygens (including phenoxy) is 3. The van der Waals surface area contributed by atoms with E-state index in [-0.39, 0.29) is 104 Å². The van der Waals surface area contributed by atoms with Gasteiger partial charge < -0.3 is 13.5 Å². The Morgan fingerprint density at radius 3 is 1.32 bits per heavy atom. The molecule has 0 aromatic rings. The van der Waals surface area contributed by atoms with Crippen LogP contribution < -0.4 is 0 Å². The standard InChI is InChI=1S/C8H2F13O3.C5H6F4.C2H4.3Y/c1-2(9)22-6(15,16)5(14,23-4(12,13)3(10)11)7(17,18)24-8(19,20)21;1-5(8,9)3-2-4(6)7;1-2;;;/h1H2;2H,3H2,1H3;1-2H2;;;/q-1;;;;;. The smallest absolute Gasteiger partial charge is 0.412 e. The first-order chi connectivity index (χ1) is 15.2. The molecule has 0 spiro atoms. The van der Waals surface area contributed by atoms with Crippen LogP contribution in [0.15, 0.2) is 37.9 Å². The quantitative estimate of drug-likeness (QED) is 0.0958. The van der Waals surface area contributed by atoms with Crippen molar-refractivity contribution in [2.24, 2.45) is 0 Å². The molecule has 23 heteroatoms. The van der Waals surface area contributed by atoms with E-state index in [2.05, 4.69) is 17.9 Å². The number of alkyl halides is 12. The van der Waals surface area contributed by atoms with Crippen LogP contribution in [0.3, 0.4) is 0 Å². The minimum atomic E-state index is -7.12. The third-order valence-electron chi connectivity index (χ3n) is 2.34. The van der Waals surface area contributed by atoms with Crippen LogP contribution in [0.2, 0.25) is 0 Å². The fraction of sp³-hybridized carbons (Fsp3) is 0.533. The summed E-state index contributed by atoms with van der Waals surface area (Å²) in [5.41, 5.74) is 0. The first-order valence-corrected chi connectivity index (χ1v) is 7.59. The summed E-state index contributed by atoms with van der Waals surface area (Å²) in [6.45, 7) is 8.39.